The maximum atomic E-state index is 13.3. The minimum atomic E-state index is -3.88. The van der Waals surface area contributed by atoms with Crippen LogP contribution in [0.4, 0.5) is 11.4 Å². The highest BCUT2D eigenvalue weighted by molar-refractivity contribution is 7.92. The Hall–Kier alpha value is -3.11. The summed E-state index contributed by atoms with van der Waals surface area (Å²) in [6.45, 7) is 7.48. The van der Waals surface area contributed by atoms with Crippen molar-refractivity contribution in [1.82, 2.24) is 15.5 Å². The maximum absolute atomic E-state index is 13.3. The maximum Gasteiger partial charge on any atom is 0.261 e. The lowest BCUT2D eigenvalue weighted by molar-refractivity contribution is -0.121. The number of likely N-dealkylation sites (N-methyl/N-ethyl adjacent to an activating group) is 1. The average Bonchev–Trinajstić information content (AvgIpc) is 2.87. The summed E-state index contributed by atoms with van der Waals surface area (Å²) in [5.41, 5.74) is 2.43. The largest absolute Gasteiger partial charge is 0.367 e. The minimum Gasteiger partial charge on any atom is -0.367 e. The first-order valence-electron chi connectivity index (χ1n) is 12.5. The number of benzene rings is 2. The highest BCUT2D eigenvalue weighted by Crippen LogP contribution is 2.30. The van der Waals surface area contributed by atoms with Gasteiger partial charge in [-0.3, -0.25) is 14.3 Å². The fourth-order valence-electron chi connectivity index (χ4n) is 4.09. The van der Waals surface area contributed by atoms with Crippen molar-refractivity contribution >= 4 is 33.2 Å². The Kier molecular flexibility index (Phi) is 9.72. The van der Waals surface area contributed by atoms with Gasteiger partial charge in [0.15, 0.2) is 0 Å². The number of nitrogens with zero attached hydrogens (tertiary/aromatic N) is 2. The fourth-order valence-corrected chi connectivity index (χ4v) is 5.15. The lowest BCUT2D eigenvalue weighted by Gasteiger charge is -2.31. The van der Waals surface area contributed by atoms with E-state index in [-0.39, 0.29) is 23.3 Å². The van der Waals surface area contributed by atoms with Crippen molar-refractivity contribution in [2.24, 2.45) is 0 Å². The molecule has 1 heterocycles. The lowest BCUT2D eigenvalue weighted by Crippen LogP contribution is -2.44. The van der Waals surface area contributed by atoms with E-state index in [9.17, 15) is 18.0 Å². The molecule has 0 atom stereocenters. The van der Waals surface area contributed by atoms with Crippen LogP contribution in [-0.2, 0) is 21.2 Å². The summed E-state index contributed by atoms with van der Waals surface area (Å²) in [6, 6.07) is 11.9. The molecule has 196 valence electrons. The van der Waals surface area contributed by atoms with E-state index in [4.69, 9.17) is 0 Å². The summed E-state index contributed by atoms with van der Waals surface area (Å²) in [4.78, 5) is 28.7. The Morgan fingerprint density at radius 3 is 2.36 bits per heavy atom. The smallest absolute Gasteiger partial charge is 0.261 e. The fraction of sp³-hybridized carbons (Fsp3) is 0.462. The van der Waals surface area contributed by atoms with E-state index in [1.165, 1.54) is 4.90 Å². The highest BCUT2D eigenvalue weighted by atomic mass is 32.2. The SMILES string of the molecule is CCCNC(=O)CN(C)C(=O)c1ccc(N2CCNCC2)c(NS(=O)(=O)c2ccc(CCC)cc2)c1. The predicted molar refractivity (Wildman–Crippen MR) is 143 cm³/mol. The molecular formula is C26H37N5O4S. The molecule has 0 spiro atoms. The molecule has 3 N–H and O–H groups in total. The number of amides is 2. The molecule has 1 fully saturated rings. The third kappa shape index (κ3) is 7.20. The Balaban J connectivity index is 1.89. The number of piperazine rings is 1. The van der Waals surface area contributed by atoms with Gasteiger partial charge in [0.2, 0.25) is 5.91 Å². The normalized spacial score (nSPS) is 13.8. The summed E-state index contributed by atoms with van der Waals surface area (Å²) in [6.07, 6.45) is 2.67. The topological polar surface area (TPSA) is 111 Å². The molecular weight excluding hydrogens is 478 g/mol. The standard InChI is InChI=1S/C26H37N5O4S/c1-4-6-20-7-10-22(11-8-20)36(34,35)29-23-18-21(9-12-24(23)31-16-14-27-15-17-31)26(33)30(3)19-25(32)28-13-5-2/h7-12,18,27,29H,4-6,13-17,19H2,1-3H3,(H,28,32). The van der Waals surface area contributed by atoms with Crippen LogP contribution in [0.3, 0.4) is 0 Å². The molecule has 0 unspecified atom stereocenters. The monoisotopic (exact) mass is 515 g/mol. The number of hydrogen-bond donors (Lipinski definition) is 3. The van der Waals surface area contributed by atoms with Gasteiger partial charge in [0, 0.05) is 45.3 Å². The zero-order valence-electron chi connectivity index (χ0n) is 21.3. The summed E-state index contributed by atoms with van der Waals surface area (Å²) >= 11 is 0. The molecule has 1 aliphatic heterocycles. The number of sulfonamides is 1. The molecule has 0 bridgehead atoms. The summed E-state index contributed by atoms with van der Waals surface area (Å²) in [7, 11) is -2.32. The van der Waals surface area contributed by atoms with Gasteiger partial charge in [0.1, 0.15) is 0 Å². The van der Waals surface area contributed by atoms with E-state index >= 15 is 0 Å². The highest BCUT2D eigenvalue weighted by Gasteiger charge is 2.23. The van der Waals surface area contributed by atoms with Crippen LogP contribution in [0, 0.1) is 0 Å². The molecule has 10 heteroatoms. The minimum absolute atomic E-state index is 0.0798. The first-order chi connectivity index (χ1) is 17.2. The molecule has 1 saturated heterocycles. The van der Waals surface area contributed by atoms with Crippen LogP contribution in [0.5, 0.6) is 0 Å². The van der Waals surface area contributed by atoms with Crippen molar-refractivity contribution in [2.45, 2.75) is 38.0 Å². The number of carbonyl (C=O) groups is 2. The molecule has 2 aromatic carbocycles. The van der Waals surface area contributed by atoms with Crippen LogP contribution in [0.1, 0.15) is 42.6 Å². The van der Waals surface area contributed by atoms with E-state index in [0.717, 1.165) is 37.9 Å². The lowest BCUT2D eigenvalue weighted by atomic mass is 10.1. The Morgan fingerprint density at radius 1 is 1.03 bits per heavy atom. The van der Waals surface area contributed by atoms with E-state index in [2.05, 4.69) is 27.2 Å². The zero-order chi connectivity index (χ0) is 26.1. The zero-order valence-corrected chi connectivity index (χ0v) is 22.2. The number of nitrogens with one attached hydrogen (secondary N) is 3. The van der Waals surface area contributed by atoms with Crippen molar-refractivity contribution in [3.8, 4) is 0 Å². The molecule has 0 radical (unpaired) electrons. The van der Waals surface area contributed by atoms with Gasteiger partial charge in [0.25, 0.3) is 15.9 Å². The number of anilines is 2. The van der Waals surface area contributed by atoms with E-state index < -0.39 is 10.0 Å². The van der Waals surface area contributed by atoms with Crippen molar-refractivity contribution in [2.75, 3.05) is 55.9 Å². The quantitative estimate of drug-likeness (QED) is 0.424. The third-order valence-electron chi connectivity index (χ3n) is 6.02. The summed E-state index contributed by atoms with van der Waals surface area (Å²) in [5, 5.41) is 6.05. The van der Waals surface area contributed by atoms with Gasteiger partial charge >= 0.3 is 0 Å². The molecule has 0 aliphatic carbocycles. The average molecular weight is 516 g/mol. The van der Waals surface area contributed by atoms with Gasteiger partial charge in [0.05, 0.1) is 22.8 Å². The Bertz CT molecular complexity index is 1150. The summed E-state index contributed by atoms with van der Waals surface area (Å²) < 4.78 is 29.3. The second kappa shape index (κ2) is 12.7. The number of hydrogen-bond acceptors (Lipinski definition) is 6. The van der Waals surface area contributed by atoms with Crippen LogP contribution in [0.15, 0.2) is 47.4 Å². The van der Waals surface area contributed by atoms with Crippen LogP contribution in [0.2, 0.25) is 0 Å². The van der Waals surface area contributed by atoms with Gasteiger partial charge in [-0.25, -0.2) is 8.42 Å². The van der Waals surface area contributed by atoms with Crippen LogP contribution >= 0.6 is 0 Å². The molecule has 2 amide bonds. The first-order valence-corrected chi connectivity index (χ1v) is 14.0. The van der Waals surface area contributed by atoms with Crippen LogP contribution < -0.4 is 20.3 Å². The molecule has 0 aromatic heterocycles. The summed E-state index contributed by atoms with van der Waals surface area (Å²) in [5.74, 6) is -0.601. The van der Waals surface area contributed by atoms with Crippen molar-refractivity contribution < 1.29 is 18.0 Å². The number of carbonyl (C=O) groups excluding carboxylic acids is 2. The van der Waals surface area contributed by atoms with Gasteiger partial charge in [-0.1, -0.05) is 32.4 Å². The molecule has 0 saturated carbocycles. The molecule has 3 rings (SSSR count). The second-order valence-electron chi connectivity index (χ2n) is 8.98. The molecule has 1 aliphatic rings. The number of rotatable bonds is 11. The first kappa shape index (κ1) is 27.5. The molecule has 9 nitrogen and oxygen atoms in total. The number of aryl methyl sites for hydroxylation is 1. The van der Waals surface area contributed by atoms with Crippen LogP contribution in [-0.4, -0.2) is 71.4 Å². The van der Waals surface area contributed by atoms with Crippen molar-refractivity contribution in [3.05, 3.63) is 53.6 Å². The van der Waals surface area contributed by atoms with Crippen molar-refractivity contribution in [3.63, 3.8) is 0 Å². The van der Waals surface area contributed by atoms with Crippen molar-refractivity contribution in [1.29, 1.82) is 0 Å². The Labute approximate surface area is 214 Å². The molecule has 2 aromatic rings. The van der Waals surface area contributed by atoms with E-state index in [0.29, 0.717) is 36.6 Å². The van der Waals surface area contributed by atoms with Gasteiger partial charge in [-0.15, -0.1) is 0 Å². The third-order valence-corrected chi connectivity index (χ3v) is 7.40. The van der Waals surface area contributed by atoms with E-state index in [1.54, 1.807) is 37.4 Å². The van der Waals surface area contributed by atoms with Gasteiger partial charge in [-0.2, -0.15) is 0 Å². The second-order valence-corrected chi connectivity index (χ2v) is 10.7. The molecule has 36 heavy (non-hydrogen) atoms. The van der Waals surface area contributed by atoms with Crippen LogP contribution in [0.25, 0.3) is 0 Å². The Morgan fingerprint density at radius 2 is 1.72 bits per heavy atom. The van der Waals surface area contributed by atoms with Gasteiger partial charge < -0.3 is 20.4 Å². The van der Waals surface area contributed by atoms with E-state index in [1.807, 2.05) is 19.1 Å². The predicted octanol–water partition coefficient (Wildman–Crippen LogP) is 2.45. The van der Waals surface area contributed by atoms with Gasteiger partial charge in [-0.05, 0) is 48.7 Å².